The lowest BCUT2D eigenvalue weighted by atomic mass is 10.9. The molecule has 0 spiro atoms. The lowest BCUT2D eigenvalue weighted by Crippen LogP contribution is -2.05. The Kier molecular flexibility index (Phi) is 0.754. The molecule has 2 heterocycles. The summed E-state index contributed by atoms with van der Waals surface area (Å²) in [5.74, 6) is 1.75. The summed E-state index contributed by atoms with van der Waals surface area (Å²) in [4.78, 5) is 0. The molecule has 2 rings (SSSR count). The van der Waals surface area contributed by atoms with Crippen molar-refractivity contribution in [2.75, 3.05) is 5.88 Å². The van der Waals surface area contributed by atoms with Crippen LogP contribution in [0.2, 0.25) is 0 Å². The number of ether oxygens (including phenoxy) is 1. The molecule has 0 N–H and O–H groups in total. The average Bonchev–Trinajstić information content (AvgIpc) is 2.15. The Labute approximate surface area is 51.0 Å². The third-order valence-corrected chi connectivity index (χ3v) is 1.76. The van der Waals surface area contributed by atoms with Crippen molar-refractivity contribution in [1.82, 2.24) is 5.01 Å². The number of hydrogen-bond donors (Lipinski definition) is 0. The van der Waals surface area contributed by atoms with E-state index in [1.807, 2.05) is 10.4 Å². The Morgan fingerprint density at radius 2 is 2.88 bits per heavy atom. The lowest BCUT2D eigenvalue weighted by Gasteiger charge is -2.02. The number of thioether (sulfide) groups is 1. The van der Waals surface area contributed by atoms with Crippen LogP contribution < -0.4 is 0 Å². The monoisotopic (exact) mass is 128 g/mol. The molecule has 0 atom stereocenters. The zero-order chi connectivity index (χ0) is 5.40. The molecule has 0 aromatic rings. The summed E-state index contributed by atoms with van der Waals surface area (Å²) in [6, 6.07) is 0. The average molecular weight is 128 g/mol. The Morgan fingerprint density at radius 3 is 3.75 bits per heavy atom. The third kappa shape index (κ3) is 0.432. The predicted molar refractivity (Wildman–Crippen MR) is 32.0 cm³/mol. The van der Waals surface area contributed by atoms with Crippen LogP contribution in [0.4, 0.5) is 0 Å². The molecular weight excluding hydrogens is 124 g/mol. The van der Waals surface area contributed by atoms with Crippen LogP contribution in [0.25, 0.3) is 0 Å². The molecule has 42 valence electrons. The van der Waals surface area contributed by atoms with Crippen LogP contribution in [0.5, 0.6) is 0 Å². The fourth-order valence-corrected chi connectivity index (χ4v) is 1.35. The van der Waals surface area contributed by atoms with Crippen molar-refractivity contribution in [3.8, 4) is 0 Å². The van der Waals surface area contributed by atoms with E-state index in [9.17, 15) is 0 Å². The lowest BCUT2D eigenvalue weighted by molar-refractivity contribution is 0.309. The van der Waals surface area contributed by atoms with Crippen molar-refractivity contribution in [1.29, 1.82) is 0 Å². The van der Waals surface area contributed by atoms with Crippen molar-refractivity contribution in [2.45, 2.75) is 0 Å². The first kappa shape index (κ1) is 4.26. The van der Waals surface area contributed by atoms with E-state index in [4.69, 9.17) is 4.74 Å². The second-order valence-corrected chi connectivity index (χ2v) is 2.32. The number of hydrogen-bond acceptors (Lipinski definition) is 4. The molecule has 0 fully saturated rings. The van der Waals surface area contributed by atoms with Gasteiger partial charge in [-0.05, 0) is 0 Å². The van der Waals surface area contributed by atoms with E-state index in [1.165, 1.54) is 6.40 Å². The summed E-state index contributed by atoms with van der Waals surface area (Å²) in [5, 5.41) is 7.66. The minimum Gasteiger partial charge on any atom is -0.426 e. The Bertz CT molecular complexity index is 165. The topological polar surface area (TPSA) is 24.8 Å². The molecule has 0 aliphatic carbocycles. The van der Waals surface area contributed by atoms with Gasteiger partial charge >= 0.3 is 0 Å². The summed E-state index contributed by atoms with van der Waals surface area (Å²) in [6.07, 6.45) is 1.45. The largest absolute Gasteiger partial charge is 0.426 e. The standard InChI is InChI=1S/C4H4N2OS/c1-4-6(3-8-1)5-2-7-4/h1-2H,3H2. The minimum atomic E-state index is 0.856. The van der Waals surface area contributed by atoms with Crippen LogP contribution in [0.3, 0.4) is 0 Å². The smallest absolute Gasteiger partial charge is 0.224 e. The molecule has 0 saturated carbocycles. The molecule has 0 saturated heterocycles. The first-order valence-electron chi connectivity index (χ1n) is 2.25. The molecule has 3 nitrogen and oxygen atoms in total. The van der Waals surface area contributed by atoms with E-state index >= 15 is 0 Å². The maximum absolute atomic E-state index is 4.95. The van der Waals surface area contributed by atoms with Crippen molar-refractivity contribution in [3.05, 3.63) is 11.3 Å². The van der Waals surface area contributed by atoms with Crippen LogP contribution in [0, 0.1) is 0 Å². The highest BCUT2D eigenvalue weighted by molar-refractivity contribution is 8.02. The van der Waals surface area contributed by atoms with Gasteiger partial charge in [-0.3, -0.25) is 0 Å². The molecular formula is C4H4N2OS. The SMILES string of the molecule is C1=NN2CSC=C2O1. The molecule has 0 aromatic carbocycles. The van der Waals surface area contributed by atoms with Gasteiger partial charge in [-0.15, -0.1) is 16.9 Å². The van der Waals surface area contributed by atoms with Gasteiger partial charge in [-0.1, -0.05) is 0 Å². The normalized spacial score (nSPS) is 23.0. The number of fused-ring (bicyclic) bond motifs is 1. The first-order valence-corrected chi connectivity index (χ1v) is 3.30. The molecule has 2 aliphatic rings. The van der Waals surface area contributed by atoms with E-state index in [1.54, 1.807) is 11.8 Å². The van der Waals surface area contributed by atoms with Gasteiger partial charge in [-0.25, -0.2) is 5.01 Å². The van der Waals surface area contributed by atoms with Crippen molar-refractivity contribution in [3.63, 3.8) is 0 Å². The molecule has 8 heavy (non-hydrogen) atoms. The highest BCUT2D eigenvalue weighted by Gasteiger charge is 2.19. The first-order chi connectivity index (χ1) is 3.97. The molecule has 2 aliphatic heterocycles. The van der Waals surface area contributed by atoms with E-state index in [0.717, 1.165) is 11.8 Å². The molecule has 4 heteroatoms. The number of nitrogens with zero attached hydrogens (tertiary/aromatic N) is 2. The van der Waals surface area contributed by atoms with E-state index in [-0.39, 0.29) is 0 Å². The van der Waals surface area contributed by atoms with Crippen molar-refractivity contribution >= 4 is 18.2 Å². The number of hydrazone groups is 1. The maximum Gasteiger partial charge on any atom is 0.224 e. The molecule has 0 radical (unpaired) electrons. The third-order valence-electron chi connectivity index (χ3n) is 0.995. The Hall–Kier alpha value is -0.640. The van der Waals surface area contributed by atoms with Gasteiger partial charge in [-0.2, -0.15) is 0 Å². The zero-order valence-corrected chi connectivity index (χ0v) is 4.89. The Morgan fingerprint density at radius 1 is 1.88 bits per heavy atom. The quantitative estimate of drug-likeness (QED) is 0.481. The highest BCUT2D eigenvalue weighted by Crippen LogP contribution is 2.25. The zero-order valence-electron chi connectivity index (χ0n) is 4.07. The van der Waals surface area contributed by atoms with Crippen LogP contribution in [-0.2, 0) is 4.74 Å². The maximum atomic E-state index is 4.95. The molecule has 0 bridgehead atoms. The van der Waals surface area contributed by atoms with E-state index in [0.29, 0.717) is 0 Å². The number of rotatable bonds is 0. The van der Waals surface area contributed by atoms with Gasteiger partial charge in [0.25, 0.3) is 0 Å². The van der Waals surface area contributed by atoms with Crippen molar-refractivity contribution in [2.24, 2.45) is 5.10 Å². The van der Waals surface area contributed by atoms with Crippen molar-refractivity contribution < 1.29 is 4.74 Å². The van der Waals surface area contributed by atoms with Gasteiger partial charge in [0, 0.05) is 5.41 Å². The van der Waals surface area contributed by atoms with Gasteiger partial charge in [0.2, 0.25) is 12.3 Å². The second kappa shape index (κ2) is 1.42. The minimum absolute atomic E-state index is 0.856. The highest BCUT2D eigenvalue weighted by atomic mass is 32.2. The van der Waals surface area contributed by atoms with Gasteiger partial charge in [0.1, 0.15) is 0 Å². The van der Waals surface area contributed by atoms with Gasteiger partial charge in [0.05, 0.1) is 5.88 Å². The van der Waals surface area contributed by atoms with Crippen LogP contribution >= 0.6 is 11.8 Å². The summed E-state index contributed by atoms with van der Waals surface area (Å²) >= 11 is 1.69. The van der Waals surface area contributed by atoms with Crippen LogP contribution in [-0.4, -0.2) is 17.3 Å². The molecule has 0 amide bonds. The van der Waals surface area contributed by atoms with E-state index < -0.39 is 0 Å². The molecule has 0 unspecified atom stereocenters. The molecule has 0 aromatic heterocycles. The fraction of sp³-hybridized carbons (Fsp3) is 0.250. The predicted octanol–water partition coefficient (Wildman–Crippen LogP) is 0.765. The fourth-order valence-electron chi connectivity index (χ4n) is 0.617. The van der Waals surface area contributed by atoms with Crippen LogP contribution in [0.15, 0.2) is 16.4 Å². The van der Waals surface area contributed by atoms with Crippen LogP contribution in [0.1, 0.15) is 0 Å². The summed E-state index contributed by atoms with van der Waals surface area (Å²) in [6.45, 7) is 0. The Balaban J connectivity index is 2.28. The second-order valence-electron chi connectivity index (χ2n) is 1.49. The van der Waals surface area contributed by atoms with Gasteiger partial charge in [0.15, 0.2) is 0 Å². The summed E-state index contributed by atoms with van der Waals surface area (Å²) < 4.78 is 4.95. The summed E-state index contributed by atoms with van der Waals surface area (Å²) in [7, 11) is 0. The summed E-state index contributed by atoms with van der Waals surface area (Å²) in [5.41, 5.74) is 0. The van der Waals surface area contributed by atoms with Gasteiger partial charge < -0.3 is 4.74 Å². The van der Waals surface area contributed by atoms with E-state index in [2.05, 4.69) is 5.10 Å².